The Bertz CT molecular complexity index is 371. The molecule has 0 atom stereocenters. The van der Waals surface area contributed by atoms with Crippen LogP contribution in [0.2, 0.25) is 0 Å². The van der Waals surface area contributed by atoms with Gasteiger partial charge in [0.1, 0.15) is 5.82 Å². The zero-order valence-corrected chi connectivity index (χ0v) is 13.0. The van der Waals surface area contributed by atoms with Gasteiger partial charge in [-0.2, -0.15) is 4.37 Å². The smallest absolute Gasteiger partial charge is 0.205 e. The molecule has 1 saturated carbocycles. The van der Waals surface area contributed by atoms with Crippen molar-refractivity contribution in [1.82, 2.24) is 9.36 Å². The van der Waals surface area contributed by atoms with Crippen LogP contribution >= 0.6 is 11.5 Å². The second-order valence-electron chi connectivity index (χ2n) is 5.51. The molecule has 1 aromatic rings. The lowest BCUT2D eigenvalue weighted by molar-refractivity contribution is 0.375. The van der Waals surface area contributed by atoms with Crippen LogP contribution in [0, 0.1) is 0 Å². The monoisotopic (exact) mass is 282 g/mol. The lowest BCUT2D eigenvalue weighted by Crippen LogP contribution is -2.41. The molecule has 0 aliphatic heterocycles. The number of nitrogens with zero attached hydrogens (tertiary/aromatic N) is 3. The molecule has 0 aromatic carbocycles. The summed E-state index contributed by atoms with van der Waals surface area (Å²) in [5.74, 6) is 1.01. The molecule has 0 radical (unpaired) electrons. The van der Waals surface area contributed by atoms with E-state index in [1.54, 1.807) is 11.5 Å². The molecular formula is C14H26N4S. The van der Waals surface area contributed by atoms with Gasteiger partial charge < -0.3 is 10.6 Å². The van der Waals surface area contributed by atoms with Gasteiger partial charge in [0, 0.05) is 36.6 Å². The number of nitrogens with two attached hydrogens (primary N) is 1. The summed E-state index contributed by atoms with van der Waals surface area (Å²) in [4.78, 5) is 7.19. The van der Waals surface area contributed by atoms with Crippen LogP contribution in [0.3, 0.4) is 0 Å². The van der Waals surface area contributed by atoms with Gasteiger partial charge in [-0.15, -0.1) is 0 Å². The van der Waals surface area contributed by atoms with E-state index in [-0.39, 0.29) is 0 Å². The summed E-state index contributed by atoms with van der Waals surface area (Å²) in [7, 11) is 0. The minimum Gasteiger partial charge on any atom is -0.344 e. The predicted molar refractivity (Wildman–Crippen MR) is 81.8 cm³/mol. The number of hydrogen-bond donors (Lipinski definition) is 1. The lowest BCUT2D eigenvalue weighted by atomic mass is 9.91. The first-order chi connectivity index (χ1) is 9.24. The molecule has 0 amide bonds. The first-order valence-electron chi connectivity index (χ1n) is 7.59. The van der Waals surface area contributed by atoms with Crippen LogP contribution in [0.25, 0.3) is 0 Å². The number of rotatable bonds is 6. The molecule has 2 N–H and O–H groups in total. The summed E-state index contributed by atoms with van der Waals surface area (Å²) in [5, 5.41) is 1.12. The van der Waals surface area contributed by atoms with Crippen molar-refractivity contribution >= 4 is 16.7 Å². The SMILES string of the molecule is CCCc1nsc(N(CCC)C2CCC(N)CC2)n1. The second-order valence-corrected chi connectivity index (χ2v) is 6.24. The largest absolute Gasteiger partial charge is 0.344 e. The van der Waals surface area contributed by atoms with E-state index in [1.807, 2.05) is 0 Å². The van der Waals surface area contributed by atoms with Gasteiger partial charge in [-0.25, -0.2) is 4.98 Å². The molecule has 1 fully saturated rings. The Hall–Kier alpha value is -0.680. The second kappa shape index (κ2) is 7.20. The van der Waals surface area contributed by atoms with E-state index in [4.69, 9.17) is 10.7 Å². The molecule has 1 aromatic heterocycles. The fraction of sp³-hybridized carbons (Fsp3) is 0.857. The van der Waals surface area contributed by atoms with Crippen molar-refractivity contribution < 1.29 is 0 Å². The molecule has 0 unspecified atom stereocenters. The molecule has 108 valence electrons. The highest BCUT2D eigenvalue weighted by Crippen LogP contribution is 2.28. The number of aryl methyl sites for hydroxylation is 1. The normalized spacial score (nSPS) is 23.5. The van der Waals surface area contributed by atoms with Gasteiger partial charge in [0.2, 0.25) is 5.13 Å². The summed E-state index contributed by atoms with van der Waals surface area (Å²) in [6.07, 6.45) is 7.95. The van der Waals surface area contributed by atoms with Crippen molar-refractivity contribution in [1.29, 1.82) is 0 Å². The number of hydrogen-bond acceptors (Lipinski definition) is 5. The van der Waals surface area contributed by atoms with E-state index in [0.717, 1.165) is 49.6 Å². The molecule has 5 heteroatoms. The molecule has 1 heterocycles. The average Bonchev–Trinajstić information content (AvgIpc) is 2.86. The third-order valence-electron chi connectivity index (χ3n) is 3.82. The Morgan fingerprint density at radius 1 is 1.21 bits per heavy atom. The van der Waals surface area contributed by atoms with E-state index < -0.39 is 0 Å². The van der Waals surface area contributed by atoms with Gasteiger partial charge in [0.15, 0.2) is 0 Å². The zero-order chi connectivity index (χ0) is 13.7. The first kappa shape index (κ1) is 14.7. The van der Waals surface area contributed by atoms with Crippen molar-refractivity contribution in [2.75, 3.05) is 11.4 Å². The summed E-state index contributed by atoms with van der Waals surface area (Å²) in [6.45, 7) is 5.49. The third-order valence-corrected chi connectivity index (χ3v) is 4.61. The van der Waals surface area contributed by atoms with Gasteiger partial charge >= 0.3 is 0 Å². The molecular weight excluding hydrogens is 256 g/mol. The molecule has 0 saturated heterocycles. The Morgan fingerprint density at radius 2 is 1.95 bits per heavy atom. The Kier molecular flexibility index (Phi) is 5.58. The summed E-state index contributed by atoms with van der Waals surface area (Å²) >= 11 is 1.57. The van der Waals surface area contributed by atoms with Crippen LogP contribution < -0.4 is 10.6 Å². The van der Waals surface area contributed by atoms with E-state index in [1.165, 1.54) is 12.8 Å². The van der Waals surface area contributed by atoms with Gasteiger partial charge in [0.25, 0.3) is 0 Å². The number of aromatic nitrogens is 2. The minimum absolute atomic E-state index is 0.407. The van der Waals surface area contributed by atoms with Crippen LogP contribution in [0.4, 0.5) is 5.13 Å². The van der Waals surface area contributed by atoms with Crippen LogP contribution in [-0.4, -0.2) is 28.0 Å². The van der Waals surface area contributed by atoms with Crippen LogP contribution in [-0.2, 0) is 6.42 Å². The zero-order valence-electron chi connectivity index (χ0n) is 12.1. The summed E-state index contributed by atoms with van der Waals surface area (Å²) in [5.41, 5.74) is 6.01. The fourth-order valence-corrected chi connectivity index (χ4v) is 3.59. The molecule has 1 aliphatic rings. The fourth-order valence-electron chi connectivity index (χ4n) is 2.78. The Labute approximate surface area is 120 Å². The Balaban J connectivity index is 2.05. The molecule has 4 nitrogen and oxygen atoms in total. The number of anilines is 1. The highest BCUT2D eigenvalue weighted by Gasteiger charge is 2.26. The first-order valence-corrected chi connectivity index (χ1v) is 8.36. The highest BCUT2D eigenvalue weighted by molar-refractivity contribution is 7.09. The van der Waals surface area contributed by atoms with Gasteiger partial charge in [-0.1, -0.05) is 13.8 Å². The van der Waals surface area contributed by atoms with Crippen LogP contribution in [0.1, 0.15) is 58.2 Å². The van der Waals surface area contributed by atoms with E-state index in [2.05, 4.69) is 23.1 Å². The van der Waals surface area contributed by atoms with Crippen molar-refractivity contribution in [3.05, 3.63) is 5.82 Å². The van der Waals surface area contributed by atoms with Crippen molar-refractivity contribution in [2.45, 2.75) is 70.9 Å². The minimum atomic E-state index is 0.407. The van der Waals surface area contributed by atoms with Crippen molar-refractivity contribution in [2.24, 2.45) is 5.73 Å². The lowest BCUT2D eigenvalue weighted by Gasteiger charge is -2.35. The van der Waals surface area contributed by atoms with E-state index >= 15 is 0 Å². The standard InChI is InChI=1S/C14H26N4S/c1-3-5-13-16-14(19-17-13)18(10-4-2)12-8-6-11(15)7-9-12/h11-12H,3-10,15H2,1-2H3. The molecule has 0 spiro atoms. The van der Waals surface area contributed by atoms with Gasteiger partial charge in [0.05, 0.1) is 0 Å². The maximum Gasteiger partial charge on any atom is 0.205 e. The van der Waals surface area contributed by atoms with Gasteiger partial charge in [-0.3, -0.25) is 0 Å². The molecule has 2 rings (SSSR count). The molecule has 0 bridgehead atoms. The Morgan fingerprint density at radius 3 is 2.58 bits per heavy atom. The third kappa shape index (κ3) is 3.89. The van der Waals surface area contributed by atoms with Crippen LogP contribution in [0.5, 0.6) is 0 Å². The topological polar surface area (TPSA) is 55.0 Å². The summed E-state index contributed by atoms with van der Waals surface area (Å²) in [6, 6.07) is 1.02. The molecule has 19 heavy (non-hydrogen) atoms. The highest BCUT2D eigenvalue weighted by atomic mass is 32.1. The van der Waals surface area contributed by atoms with E-state index in [0.29, 0.717) is 12.1 Å². The maximum absolute atomic E-state index is 6.01. The van der Waals surface area contributed by atoms with Gasteiger partial charge in [-0.05, 0) is 38.5 Å². The quantitative estimate of drug-likeness (QED) is 0.871. The van der Waals surface area contributed by atoms with Crippen LogP contribution in [0.15, 0.2) is 0 Å². The maximum atomic E-state index is 6.01. The average molecular weight is 282 g/mol. The van der Waals surface area contributed by atoms with E-state index in [9.17, 15) is 0 Å². The predicted octanol–water partition coefficient (Wildman–Crippen LogP) is 2.98. The van der Waals surface area contributed by atoms with Crippen molar-refractivity contribution in [3.8, 4) is 0 Å². The molecule has 1 aliphatic carbocycles. The van der Waals surface area contributed by atoms with Crippen molar-refractivity contribution in [3.63, 3.8) is 0 Å². The summed E-state index contributed by atoms with van der Waals surface area (Å²) < 4.78 is 4.48.